The van der Waals surface area contributed by atoms with Crippen LogP contribution in [0.1, 0.15) is 64.3 Å². The van der Waals surface area contributed by atoms with Gasteiger partial charge in [-0.25, -0.2) is 9.78 Å². The van der Waals surface area contributed by atoms with Crippen LogP contribution in [-0.2, 0) is 16.0 Å². The van der Waals surface area contributed by atoms with Crippen LogP contribution < -0.4 is 5.69 Å². The van der Waals surface area contributed by atoms with E-state index in [2.05, 4.69) is 21.5 Å². The Morgan fingerprint density at radius 2 is 2.10 bits per heavy atom. The summed E-state index contributed by atoms with van der Waals surface area (Å²) in [6.45, 7) is 4.31. The van der Waals surface area contributed by atoms with E-state index in [-0.39, 0.29) is 18.0 Å². The lowest BCUT2D eigenvalue weighted by Gasteiger charge is -2.29. The normalized spacial score (nSPS) is 25.3. The first-order chi connectivity index (χ1) is 14.7. The molecule has 1 saturated heterocycles. The molecular weight excluding hydrogens is 380 g/mol. The Balaban J connectivity index is 1.45. The lowest BCUT2D eigenvalue weighted by atomic mass is 9.85. The molecule has 2 fully saturated rings. The van der Waals surface area contributed by atoms with Gasteiger partial charge in [-0.3, -0.25) is 9.13 Å². The Hall–Kier alpha value is -2.12. The van der Waals surface area contributed by atoms with E-state index in [1.807, 2.05) is 23.0 Å². The lowest BCUT2D eigenvalue weighted by molar-refractivity contribution is -0.163. The summed E-state index contributed by atoms with van der Waals surface area (Å²) in [5.74, 6) is 0.504. The van der Waals surface area contributed by atoms with Crippen molar-refractivity contribution in [2.45, 2.75) is 77.2 Å². The van der Waals surface area contributed by atoms with E-state index in [0.717, 1.165) is 60.8 Å². The van der Waals surface area contributed by atoms with Gasteiger partial charge in [0.2, 0.25) is 0 Å². The van der Waals surface area contributed by atoms with Gasteiger partial charge in [0.15, 0.2) is 6.29 Å². The predicted octanol–water partition coefficient (Wildman–Crippen LogP) is 4.36. The maximum absolute atomic E-state index is 13.6. The van der Waals surface area contributed by atoms with Crippen LogP contribution in [0.15, 0.2) is 23.3 Å². The van der Waals surface area contributed by atoms with Crippen LogP contribution in [0.2, 0.25) is 0 Å². The van der Waals surface area contributed by atoms with E-state index >= 15 is 0 Å². The van der Waals surface area contributed by atoms with Gasteiger partial charge in [-0.2, -0.15) is 0 Å². The van der Waals surface area contributed by atoms with Crippen molar-refractivity contribution < 1.29 is 9.47 Å². The van der Waals surface area contributed by atoms with Gasteiger partial charge in [-0.1, -0.05) is 19.8 Å². The first kappa shape index (κ1) is 19.8. The van der Waals surface area contributed by atoms with Crippen LogP contribution >= 0.6 is 0 Å². The number of pyridine rings is 1. The Bertz CT molecular complexity index is 1060. The first-order valence-corrected chi connectivity index (χ1v) is 11.5. The number of aryl methyl sites for hydroxylation is 1. The third-order valence-electron chi connectivity index (χ3n) is 6.87. The van der Waals surface area contributed by atoms with Gasteiger partial charge in [0.05, 0.1) is 23.8 Å². The van der Waals surface area contributed by atoms with E-state index in [9.17, 15) is 4.79 Å². The number of rotatable bonds is 6. The van der Waals surface area contributed by atoms with Crippen molar-refractivity contribution in [3.63, 3.8) is 0 Å². The Morgan fingerprint density at radius 3 is 2.93 bits per heavy atom. The molecule has 3 aromatic heterocycles. The summed E-state index contributed by atoms with van der Waals surface area (Å²) in [5, 5.41) is 1.04. The van der Waals surface area contributed by atoms with Gasteiger partial charge in [-0.05, 0) is 50.5 Å². The van der Waals surface area contributed by atoms with Gasteiger partial charge >= 0.3 is 5.69 Å². The molecule has 0 amide bonds. The summed E-state index contributed by atoms with van der Waals surface area (Å²) >= 11 is 0. The lowest BCUT2D eigenvalue weighted by Crippen LogP contribution is -2.32. The zero-order chi connectivity index (χ0) is 20.5. The summed E-state index contributed by atoms with van der Waals surface area (Å²) in [7, 11) is 0. The van der Waals surface area contributed by atoms with Crippen molar-refractivity contribution in [2.75, 3.05) is 13.2 Å². The van der Waals surface area contributed by atoms with Crippen LogP contribution in [0, 0.1) is 5.92 Å². The minimum atomic E-state index is -0.0824. The molecule has 1 saturated carbocycles. The number of fused-ring (bicyclic) bond motifs is 3. The number of nitrogens with zero attached hydrogens (tertiary/aromatic N) is 3. The standard InChI is InChI=1S/C23H32N4O3/c1-16-7-2-3-8-18(16)27-21-17-10-11-24-22(17)25-15-19(21)26(23(27)28)12-6-14-30-20-9-4-5-13-29-20/h10-11,15-16,18,20H,2-9,12-14H2,1H3,(H,24,25)/t16-,18+,20?/m1/s1. The quantitative estimate of drug-likeness (QED) is 0.611. The monoisotopic (exact) mass is 412 g/mol. The minimum absolute atomic E-state index is 0.0824. The molecule has 7 heteroatoms. The summed E-state index contributed by atoms with van der Waals surface area (Å²) < 4.78 is 15.5. The molecule has 0 spiro atoms. The van der Waals surface area contributed by atoms with E-state index in [4.69, 9.17) is 9.47 Å². The molecule has 5 rings (SSSR count). The molecule has 3 atom stereocenters. The number of ether oxygens (including phenoxy) is 2. The molecule has 7 nitrogen and oxygen atoms in total. The average molecular weight is 413 g/mol. The topological polar surface area (TPSA) is 74.1 Å². The maximum atomic E-state index is 13.6. The smallest absolute Gasteiger partial charge is 0.329 e. The van der Waals surface area contributed by atoms with E-state index < -0.39 is 0 Å². The third kappa shape index (κ3) is 3.58. The largest absolute Gasteiger partial charge is 0.353 e. The fourth-order valence-corrected chi connectivity index (χ4v) is 5.25. The molecule has 3 aromatic rings. The molecule has 1 aliphatic carbocycles. The molecule has 0 radical (unpaired) electrons. The molecular formula is C23H32N4O3. The summed E-state index contributed by atoms with van der Waals surface area (Å²) in [6, 6.07) is 2.30. The van der Waals surface area contributed by atoms with E-state index in [1.165, 1.54) is 19.3 Å². The van der Waals surface area contributed by atoms with E-state index in [0.29, 0.717) is 19.1 Å². The van der Waals surface area contributed by atoms with Gasteiger partial charge in [0.25, 0.3) is 0 Å². The van der Waals surface area contributed by atoms with Gasteiger partial charge in [-0.15, -0.1) is 0 Å². The summed E-state index contributed by atoms with van der Waals surface area (Å²) in [5.41, 5.74) is 2.89. The molecule has 162 valence electrons. The van der Waals surface area contributed by atoms with Crippen LogP contribution in [0.3, 0.4) is 0 Å². The second-order valence-corrected chi connectivity index (χ2v) is 8.89. The van der Waals surface area contributed by atoms with Crippen molar-refractivity contribution in [2.24, 2.45) is 5.92 Å². The molecule has 2 aliphatic rings. The number of imidazole rings is 1. The zero-order valence-electron chi connectivity index (χ0n) is 17.8. The number of aromatic amines is 1. The predicted molar refractivity (Wildman–Crippen MR) is 117 cm³/mol. The van der Waals surface area contributed by atoms with Crippen molar-refractivity contribution in [1.29, 1.82) is 0 Å². The molecule has 30 heavy (non-hydrogen) atoms. The van der Waals surface area contributed by atoms with Crippen molar-refractivity contribution in [3.8, 4) is 0 Å². The Morgan fingerprint density at radius 1 is 1.23 bits per heavy atom. The van der Waals surface area contributed by atoms with Crippen molar-refractivity contribution >= 4 is 22.1 Å². The summed E-state index contributed by atoms with van der Waals surface area (Å²) in [4.78, 5) is 21.4. The van der Waals surface area contributed by atoms with E-state index in [1.54, 1.807) is 0 Å². The summed E-state index contributed by atoms with van der Waals surface area (Å²) in [6.07, 6.45) is 12.4. The highest BCUT2D eigenvalue weighted by Crippen LogP contribution is 2.36. The highest BCUT2D eigenvalue weighted by Gasteiger charge is 2.28. The van der Waals surface area contributed by atoms with Crippen LogP contribution in [-0.4, -0.2) is 38.6 Å². The minimum Gasteiger partial charge on any atom is -0.353 e. The Labute approximate surface area is 176 Å². The maximum Gasteiger partial charge on any atom is 0.329 e. The molecule has 0 bridgehead atoms. The number of aromatic nitrogens is 4. The fraction of sp³-hybridized carbons (Fsp3) is 0.652. The average Bonchev–Trinajstić information content (AvgIpc) is 3.35. The SMILES string of the molecule is C[C@@H]1CCCC[C@@H]1n1c(=O)n(CCCOC2CCCCO2)c2cnc3[nH]ccc3c21. The molecule has 0 aromatic carbocycles. The number of nitrogens with one attached hydrogen (secondary N) is 1. The number of hydrogen-bond acceptors (Lipinski definition) is 4. The second-order valence-electron chi connectivity index (χ2n) is 8.89. The zero-order valence-corrected chi connectivity index (χ0v) is 17.8. The van der Waals surface area contributed by atoms with Crippen LogP contribution in [0.4, 0.5) is 0 Å². The fourth-order valence-electron chi connectivity index (χ4n) is 5.25. The van der Waals surface area contributed by atoms with Gasteiger partial charge < -0.3 is 14.5 Å². The number of hydrogen-bond donors (Lipinski definition) is 1. The molecule has 4 heterocycles. The van der Waals surface area contributed by atoms with Crippen LogP contribution in [0.5, 0.6) is 0 Å². The van der Waals surface area contributed by atoms with Crippen molar-refractivity contribution in [1.82, 2.24) is 19.1 Å². The highest BCUT2D eigenvalue weighted by atomic mass is 16.7. The van der Waals surface area contributed by atoms with Crippen LogP contribution in [0.25, 0.3) is 22.1 Å². The first-order valence-electron chi connectivity index (χ1n) is 11.5. The molecule has 1 aliphatic heterocycles. The molecule has 1 N–H and O–H groups in total. The Kier molecular flexibility index (Phi) is 5.65. The third-order valence-corrected chi connectivity index (χ3v) is 6.87. The number of H-pyrrole nitrogens is 1. The van der Waals surface area contributed by atoms with Gasteiger partial charge in [0, 0.05) is 30.8 Å². The van der Waals surface area contributed by atoms with Gasteiger partial charge in [0.1, 0.15) is 5.65 Å². The second kappa shape index (κ2) is 8.55. The van der Waals surface area contributed by atoms with Crippen molar-refractivity contribution in [3.05, 3.63) is 28.9 Å². The molecule has 1 unspecified atom stereocenters. The highest BCUT2D eigenvalue weighted by molar-refractivity contribution is 6.01.